The fraction of sp³-hybridized carbons (Fsp3) is 0.357. The number of aromatic nitrogens is 1. The third-order valence-electron chi connectivity index (χ3n) is 3.90. The second kappa shape index (κ2) is 3.56. The van der Waals surface area contributed by atoms with Gasteiger partial charge in [-0.25, -0.2) is 0 Å². The monoisotopic (exact) mass is 212 g/mol. The molecule has 2 heteroatoms. The molecule has 1 aliphatic rings. The largest absolute Gasteiger partial charge is 0.330 e. The van der Waals surface area contributed by atoms with Crippen molar-refractivity contribution in [2.45, 2.75) is 24.7 Å². The Labute approximate surface area is 95.5 Å². The summed E-state index contributed by atoms with van der Waals surface area (Å²) < 4.78 is 0. The van der Waals surface area contributed by atoms with Crippen LogP contribution in [0.2, 0.25) is 0 Å². The normalized spacial score (nSPS) is 18.3. The van der Waals surface area contributed by atoms with Crippen LogP contribution in [0, 0.1) is 0 Å². The average Bonchev–Trinajstić information content (AvgIpc) is 2.28. The van der Waals surface area contributed by atoms with Crippen molar-refractivity contribution in [1.29, 1.82) is 0 Å². The van der Waals surface area contributed by atoms with E-state index in [0.717, 1.165) is 12.1 Å². The molecule has 3 rings (SSSR count). The van der Waals surface area contributed by atoms with Gasteiger partial charge in [0, 0.05) is 23.5 Å². The Morgan fingerprint density at radius 1 is 1.25 bits per heavy atom. The smallest absolute Gasteiger partial charge is 0.0702 e. The zero-order chi connectivity index (χ0) is 11.0. The van der Waals surface area contributed by atoms with Crippen molar-refractivity contribution >= 4 is 10.9 Å². The number of para-hydroxylation sites is 1. The van der Waals surface area contributed by atoms with Crippen molar-refractivity contribution < 1.29 is 0 Å². The summed E-state index contributed by atoms with van der Waals surface area (Å²) in [7, 11) is 0. The summed E-state index contributed by atoms with van der Waals surface area (Å²) in [4.78, 5) is 4.52. The molecule has 0 unspecified atom stereocenters. The maximum absolute atomic E-state index is 5.92. The Morgan fingerprint density at radius 3 is 2.75 bits per heavy atom. The molecule has 1 saturated carbocycles. The van der Waals surface area contributed by atoms with Crippen LogP contribution in [-0.4, -0.2) is 11.5 Å². The Hall–Kier alpha value is -1.41. The number of rotatable bonds is 2. The molecule has 1 fully saturated rings. The molecule has 2 nitrogen and oxygen atoms in total. The van der Waals surface area contributed by atoms with E-state index in [1.165, 1.54) is 30.2 Å². The Morgan fingerprint density at radius 2 is 2.06 bits per heavy atom. The van der Waals surface area contributed by atoms with E-state index in [1.54, 1.807) is 0 Å². The van der Waals surface area contributed by atoms with Crippen molar-refractivity contribution in [3.05, 3.63) is 42.1 Å². The van der Waals surface area contributed by atoms with Gasteiger partial charge in [-0.05, 0) is 30.5 Å². The van der Waals surface area contributed by atoms with Crippen molar-refractivity contribution in [3.63, 3.8) is 0 Å². The first-order chi connectivity index (χ1) is 7.84. The van der Waals surface area contributed by atoms with Crippen LogP contribution < -0.4 is 5.73 Å². The van der Waals surface area contributed by atoms with Crippen molar-refractivity contribution in [2.24, 2.45) is 5.73 Å². The molecule has 0 saturated heterocycles. The lowest BCUT2D eigenvalue weighted by Crippen LogP contribution is -2.41. The van der Waals surface area contributed by atoms with Crippen molar-refractivity contribution in [1.82, 2.24) is 4.98 Å². The number of nitrogens with two attached hydrogens (primary N) is 1. The minimum atomic E-state index is 0.219. The first-order valence-electron chi connectivity index (χ1n) is 5.89. The Kier molecular flexibility index (Phi) is 2.18. The standard InChI is InChI=1S/C14H16N2/c15-10-14(6-3-7-14)12-8-11-4-1-2-5-13(11)16-9-12/h1-2,4-5,8-9H,3,6-7,10,15H2. The molecule has 0 bridgehead atoms. The molecule has 82 valence electrons. The highest BCUT2D eigenvalue weighted by Crippen LogP contribution is 2.43. The maximum atomic E-state index is 5.92. The van der Waals surface area contributed by atoms with Gasteiger partial charge in [-0.1, -0.05) is 24.6 Å². The molecule has 0 spiro atoms. The number of nitrogens with zero attached hydrogens (tertiary/aromatic N) is 1. The molecule has 1 aromatic heterocycles. The quantitative estimate of drug-likeness (QED) is 0.831. The summed E-state index contributed by atoms with van der Waals surface area (Å²) in [5, 5.41) is 1.22. The van der Waals surface area contributed by atoms with Gasteiger partial charge in [-0.3, -0.25) is 4.98 Å². The second-order valence-corrected chi connectivity index (χ2v) is 4.75. The third kappa shape index (κ3) is 1.34. The fourth-order valence-electron chi connectivity index (χ4n) is 2.58. The highest BCUT2D eigenvalue weighted by Gasteiger charge is 2.37. The van der Waals surface area contributed by atoms with E-state index in [9.17, 15) is 0 Å². The highest BCUT2D eigenvalue weighted by atomic mass is 14.7. The molecule has 0 atom stereocenters. The summed E-state index contributed by atoms with van der Waals surface area (Å²) in [5.41, 5.74) is 8.52. The summed E-state index contributed by atoms with van der Waals surface area (Å²) in [6, 6.07) is 10.5. The lowest BCUT2D eigenvalue weighted by molar-refractivity contribution is 0.252. The predicted octanol–water partition coefficient (Wildman–Crippen LogP) is 2.62. The molecule has 0 amide bonds. The van der Waals surface area contributed by atoms with Crippen LogP contribution in [0.5, 0.6) is 0 Å². The van der Waals surface area contributed by atoms with Crippen LogP contribution in [0.1, 0.15) is 24.8 Å². The Balaban J connectivity index is 2.11. The lowest BCUT2D eigenvalue weighted by atomic mass is 9.65. The topological polar surface area (TPSA) is 38.9 Å². The van der Waals surface area contributed by atoms with E-state index in [0.29, 0.717) is 0 Å². The van der Waals surface area contributed by atoms with E-state index >= 15 is 0 Å². The van der Waals surface area contributed by atoms with Crippen molar-refractivity contribution in [2.75, 3.05) is 6.54 Å². The van der Waals surface area contributed by atoms with Crippen LogP contribution in [0.25, 0.3) is 10.9 Å². The number of hydrogen-bond acceptors (Lipinski definition) is 2. The fourth-order valence-corrected chi connectivity index (χ4v) is 2.58. The molecular weight excluding hydrogens is 196 g/mol. The first kappa shape index (κ1) is 9.79. The molecule has 1 aromatic carbocycles. The minimum absolute atomic E-state index is 0.219. The lowest BCUT2D eigenvalue weighted by Gasteiger charge is -2.41. The molecule has 1 aliphatic carbocycles. The third-order valence-corrected chi connectivity index (χ3v) is 3.90. The van der Waals surface area contributed by atoms with E-state index in [2.05, 4.69) is 29.2 Å². The summed E-state index contributed by atoms with van der Waals surface area (Å²) in [6.45, 7) is 0.743. The van der Waals surface area contributed by atoms with Gasteiger partial charge in [0.05, 0.1) is 5.52 Å². The summed E-state index contributed by atoms with van der Waals surface area (Å²) >= 11 is 0. The summed E-state index contributed by atoms with van der Waals surface area (Å²) in [6.07, 6.45) is 5.73. The van der Waals surface area contributed by atoms with Gasteiger partial charge < -0.3 is 5.73 Å². The molecule has 0 radical (unpaired) electrons. The molecule has 2 N–H and O–H groups in total. The van der Waals surface area contributed by atoms with E-state index in [-0.39, 0.29) is 5.41 Å². The van der Waals surface area contributed by atoms with Crippen LogP contribution in [-0.2, 0) is 5.41 Å². The SMILES string of the molecule is NCC1(c2cnc3ccccc3c2)CCC1. The van der Waals surface area contributed by atoms with Crippen molar-refractivity contribution in [3.8, 4) is 0 Å². The maximum Gasteiger partial charge on any atom is 0.0702 e. The zero-order valence-corrected chi connectivity index (χ0v) is 9.32. The van der Waals surface area contributed by atoms with Crippen LogP contribution in [0.3, 0.4) is 0 Å². The molecule has 16 heavy (non-hydrogen) atoms. The molecule has 0 aliphatic heterocycles. The highest BCUT2D eigenvalue weighted by molar-refractivity contribution is 5.79. The van der Waals surface area contributed by atoms with E-state index in [4.69, 9.17) is 5.73 Å². The van der Waals surface area contributed by atoms with E-state index < -0.39 is 0 Å². The first-order valence-corrected chi connectivity index (χ1v) is 5.89. The van der Waals surface area contributed by atoms with Gasteiger partial charge in [0.25, 0.3) is 0 Å². The average molecular weight is 212 g/mol. The molecule has 1 heterocycles. The van der Waals surface area contributed by atoms with Gasteiger partial charge in [-0.15, -0.1) is 0 Å². The van der Waals surface area contributed by atoms with Gasteiger partial charge in [0.15, 0.2) is 0 Å². The number of hydrogen-bond donors (Lipinski definition) is 1. The van der Waals surface area contributed by atoms with Crippen LogP contribution in [0.15, 0.2) is 36.5 Å². The number of fused-ring (bicyclic) bond motifs is 1. The summed E-state index contributed by atoms with van der Waals surface area (Å²) in [5.74, 6) is 0. The Bertz CT molecular complexity index is 509. The van der Waals surface area contributed by atoms with Crippen LogP contribution >= 0.6 is 0 Å². The number of pyridine rings is 1. The molecular formula is C14H16N2. The van der Waals surface area contributed by atoms with Gasteiger partial charge in [0.1, 0.15) is 0 Å². The predicted molar refractivity (Wildman–Crippen MR) is 66.3 cm³/mol. The van der Waals surface area contributed by atoms with Gasteiger partial charge >= 0.3 is 0 Å². The van der Waals surface area contributed by atoms with Gasteiger partial charge in [-0.2, -0.15) is 0 Å². The number of benzene rings is 1. The minimum Gasteiger partial charge on any atom is -0.330 e. The van der Waals surface area contributed by atoms with E-state index in [1.807, 2.05) is 12.3 Å². The van der Waals surface area contributed by atoms with Gasteiger partial charge in [0.2, 0.25) is 0 Å². The zero-order valence-electron chi connectivity index (χ0n) is 9.32. The van der Waals surface area contributed by atoms with Crippen LogP contribution in [0.4, 0.5) is 0 Å². The second-order valence-electron chi connectivity index (χ2n) is 4.75. The molecule has 2 aromatic rings.